The monoisotopic (exact) mass is 228 g/mol. The molecule has 0 bridgehead atoms. The van der Waals surface area contributed by atoms with Crippen LogP contribution in [0.3, 0.4) is 0 Å². The molecule has 88 valence electrons. The largest absolute Gasteiger partial charge is 0.368 e. The van der Waals surface area contributed by atoms with E-state index in [0.717, 1.165) is 9.80 Å². The van der Waals surface area contributed by atoms with Gasteiger partial charge in [0.15, 0.2) is 0 Å². The maximum Gasteiger partial charge on any atom is 0.243 e. The molecule has 0 aromatic heterocycles. The van der Waals surface area contributed by atoms with E-state index in [1.807, 2.05) is 0 Å². The summed E-state index contributed by atoms with van der Waals surface area (Å²) in [5.74, 6) is -2.24. The first-order valence-corrected chi connectivity index (χ1v) is 4.52. The van der Waals surface area contributed by atoms with E-state index < -0.39 is 23.6 Å². The maximum absolute atomic E-state index is 11.4. The Bertz CT molecular complexity index is 320. The fourth-order valence-corrected chi connectivity index (χ4v) is 1.37. The van der Waals surface area contributed by atoms with Gasteiger partial charge in [-0.25, -0.2) is 0 Å². The van der Waals surface area contributed by atoms with E-state index in [9.17, 15) is 19.2 Å². The standard InChI is InChI=1S/C8H12N4O4/c9-5(13)1-11-3-8(16)12(2-6(10)14)4-7(11)15/h1-4H2,(H2,9,13)(H2,10,14). The highest BCUT2D eigenvalue weighted by Gasteiger charge is 2.31. The predicted molar refractivity (Wildman–Crippen MR) is 51.5 cm³/mol. The average Bonchev–Trinajstić information content (AvgIpc) is 2.11. The van der Waals surface area contributed by atoms with Gasteiger partial charge in [-0.05, 0) is 0 Å². The zero-order valence-corrected chi connectivity index (χ0v) is 8.51. The van der Waals surface area contributed by atoms with Crippen molar-refractivity contribution in [1.82, 2.24) is 9.80 Å². The van der Waals surface area contributed by atoms with Crippen LogP contribution in [0, 0.1) is 0 Å². The summed E-state index contributed by atoms with van der Waals surface area (Å²) in [6, 6.07) is 0. The molecule has 16 heavy (non-hydrogen) atoms. The zero-order valence-electron chi connectivity index (χ0n) is 8.51. The maximum atomic E-state index is 11.4. The third-order valence-corrected chi connectivity index (χ3v) is 2.05. The minimum absolute atomic E-state index is 0.255. The molecular formula is C8H12N4O4. The predicted octanol–water partition coefficient (Wildman–Crippen LogP) is -3.37. The first-order valence-electron chi connectivity index (χ1n) is 4.52. The lowest BCUT2D eigenvalue weighted by atomic mass is 10.3. The van der Waals surface area contributed by atoms with E-state index in [1.54, 1.807) is 0 Å². The lowest BCUT2D eigenvalue weighted by Gasteiger charge is -2.32. The molecule has 0 aromatic rings. The first kappa shape index (κ1) is 12.0. The van der Waals surface area contributed by atoms with Crippen molar-refractivity contribution in [2.45, 2.75) is 0 Å². The number of amides is 4. The van der Waals surface area contributed by atoms with E-state index in [2.05, 4.69) is 0 Å². The highest BCUT2D eigenvalue weighted by molar-refractivity contribution is 5.96. The van der Waals surface area contributed by atoms with Crippen LogP contribution in [0.1, 0.15) is 0 Å². The summed E-state index contributed by atoms with van der Waals surface area (Å²) < 4.78 is 0. The topological polar surface area (TPSA) is 127 Å². The number of hydrogen-bond donors (Lipinski definition) is 2. The molecule has 8 nitrogen and oxygen atoms in total. The number of rotatable bonds is 4. The van der Waals surface area contributed by atoms with Crippen LogP contribution in [0.2, 0.25) is 0 Å². The van der Waals surface area contributed by atoms with Crippen LogP contribution in [0.25, 0.3) is 0 Å². The molecule has 1 heterocycles. The molecule has 0 radical (unpaired) electrons. The van der Waals surface area contributed by atoms with Crippen LogP contribution in [-0.4, -0.2) is 59.6 Å². The van der Waals surface area contributed by atoms with E-state index in [-0.39, 0.29) is 26.2 Å². The first-order chi connectivity index (χ1) is 7.40. The summed E-state index contributed by atoms with van der Waals surface area (Å²) in [4.78, 5) is 46.2. The molecule has 1 aliphatic rings. The van der Waals surface area contributed by atoms with Crippen molar-refractivity contribution >= 4 is 23.6 Å². The highest BCUT2D eigenvalue weighted by atomic mass is 16.2. The molecule has 1 rings (SSSR count). The number of hydrogen-bond acceptors (Lipinski definition) is 4. The minimum atomic E-state index is -0.690. The summed E-state index contributed by atoms with van der Waals surface area (Å²) in [5, 5.41) is 0. The summed E-state index contributed by atoms with van der Waals surface area (Å²) in [7, 11) is 0. The van der Waals surface area contributed by atoms with Gasteiger partial charge in [0.2, 0.25) is 23.6 Å². The van der Waals surface area contributed by atoms with Gasteiger partial charge in [0, 0.05) is 0 Å². The normalized spacial score (nSPS) is 16.5. The smallest absolute Gasteiger partial charge is 0.243 e. The molecule has 1 fully saturated rings. The number of carbonyl (C=O) groups is 4. The second-order valence-corrected chi connectivity index (χ2v) is 3.43. The Kier molecular flexibility index (Phi) is 3.44. The van der Waals surface area contributed by atoms with Crippen molar-refractivity contribution < 1.29 is 19.2 Å². The fraction of sp³-hybridized carbons (Fsp3) is 0.500. The zero-order chi connectivity index (χ0) is 12.3. The van der Waals surface area contributed by atoms with Crippen LogP contribution in [0.4, 0.5) is 0 Å². The van der Waals surface area contributed by atoms with Gasteiger partial charge in [0.1, 0.15) is 13.1 Å². The van der Waals surface area contributed by atoms with Crippen LogP contribution in [0.5, 0.6) is 0 Å². The second kappa shape index (κ2) is 4.60. The number of primary amides is 2. The van der Waals surface area contributed by atoms with Gasteiger partial charge in [-0.1, -0.05) is 0 Å². The van der Waals surface area contributed by atoms with Crippen molar-refractivity contribution in [3.05, 3.63) is 0 Å². The Labute approximate surface area is 91.1 Å². The Morgan fingerprint density at radius 1 is 0.938 bits per heavy atom. The highest BCUT2D eigenvalue weighted by Crippen LogP contribution is 2.03. The number of carbonyl (C=O) groups excluding carboxylic acids is 4. The van der Waals surface area contributed by atoms with Gasteiger partial charge in [-0.2, -0.15) is 0 Å². The average molecular weight is 228 g/mol. The molecule has 1 saturated heterocycles. The summed E-state index contributed by atoms with van der Waals surface area (Å²) >= 11 is 0. The van der Waals surface area contributed by atoms with Crippen LogP contribution < -0.4 is 11.5 Å². The van der Waals surface area contributed by atoms with Gasteiger partial charge in [0.25, 0.3) is 0 Å². The van der Waals surface area contributed by atoms with Gasteiger partial charge < -0.3 is 21.3 Å². The van der Waals surface area contributed by atoms with E-state index in [0.29, 0.717) is 0 Å². The molecule has 4 N–H and O–H groups in total. The molecule has 8 heteroatoms. The Morgan fingerprint density at radius 2 is 1.25 bits per heavy atom. The Hall–Kier alpha value is -2.12. The van der Waals surface area contributed by atoms with Gasteiger partial charge in [0.05, 0.1) is 13.1 Å². The van der Waals surface area contributed by atoms with E-state index in [4.69, 9.17) is 11.5 Å². The molecule has 0 saturated carbocycles. The lowest BCUT2D eigenvalue weighted by Crippen LogP contribution is -2.56. The van der Waals surface area contributed by atoms with Crippen molar-refractivity contribution in [1.29, 1.82) is 0 Å². The number of piperazine rings is 1. The Balaban J connectivity index is 2.63. The van der Waals surface area contributed by atoms with Crippen molar-refractivity contribution in [3.8, 4) is 0 Å². The number of nitrogens with zero attached hydrogens (tertiary/aromatic N) is 2. The van der Waals surface area contributed by atoms with Gasteiger partial charge >= 0.3 is 0 Å². The molecular weight excluding hydrogens is 216 g/mol. The quantitative estimate of drug-likeness (QED) is 0.520. The lowest BCUT2D eigenvalue weighted by molar-refractivity contribution is -0.152. The molecule has 0 aromatic carbocycles. The molecule has 4 amide bonds. The van der Waals surface area contributed by atoms with E-state index in [1.165, 1.54) is 0 Å². The van der Waals surface area contributed by atoms with Gasteiger partial charge in [-0.3, -0.25) is 19.2 Å². The number of nitrogens with two attached hydrogens (primary N) is 2. The third-order valence-electron chi connectivity index (χ3n) is 2.05. The van der Waals surface area contributed by atoms with Crippen LogP contribution >= 0.6 is 0 Å². The molecule has 0 aliphatic carbocycles. The summed E-state index contributed by atoms with van der Waals surface area (Å²) in [5.41, 5.74) is 9.83. The molecule has 0 unspecified atom stereocenters. The van der Waals surface area contributed by atoms with E-state index >= 15 is 0 Å². The van der Waals surface area contributed by atoms with Crippen molar-refractivity contribution in [2.24, 2.45) is 11.5 Å². The second-order valence-electron chi connectivity index (χ2n) is 3.43. The molecule has 1 aliphatic heterocycles. The van der Waals surface area contributed by atoms with Crippen molar-refractivity contribution in [3.63, 3.8) is 0 Å². The molecule has 0 atom stereocenters. The summed E-state index contributed by atoms with van der Waals surface area (Å²) in [6.07, 6.45) is 0. The third kappa shape index (κ3) is 2.94. The Morgan fingerprint density at radius 3 is 1.50 bits per heavy atom. The van der Waals surface area contributed by atoms with Crippen LogP contribution in [-0.2, 0) is 19.2 Å². The SMILES string of the molecule is NC(=O)CN1CC(=O)N(CC(N)=O)CC1=O. The fourth-order valence-electron chi connectivity index (χ4n) is 1.37. The minimum Gasteiger partial charge on any atom is -0.368 e. The molecule has 0 spiro atoms. The van der Waals surface area contributed by atoms with Gasteiger partial charge in [-0.15, -0.1) is 0 Å². The van der Waals surface area contributed by atoms with Crippen molar-refractivity contribution in [2.75, 3.05) is 26.2 Å². The summed E-state index contributed by atoms with van der Waals surface area (Å²) in [6.45, 7) is -1.10. The van der Waals surface area contributed by atoms with Crippen LogP contribution in [0.15, 0.2) is 0 Å².